The van der Waals surface area contributed by atoms with Crippen LogP contribution in [0.3, 0.4) is 0 Å². The van der Waals surface area contributed by atoms with Gasteiger partial charge >= 0.3 is 17.9 Å². The quantitative estimate of drug-likeness (QED) is 0.0262. The fourth-order valence-corrected chi connectivity index (χ4v) is 8.60. The van der Waals surface area contributed by atoms with E-state index in [1.165, 1.54) is 205 Å². The number of hydrogen-bond donors (Lipinski definition) is 0. The number of allylic oxidation sites excluding steroid dienone is 6. The Morgan fingerprint density at radius 2 is 0.493 bits per heavy atom. The molecule has 392 valence electrons. The third-order valence-corrected chi connectivity index (χ3v) is 13.1. The lowest BCUT2D eigenvalue weighted by Gasteiger charge is -2.18. The Kier molecular flexibility index (Phi) is 54.2. The van der Waals surface area contributed by atoms with Crippen LogP contribution in [0.4, 0.5) is 0 Å². The van der Waals surface area contributed by atoms with E-state index in [1.54, 1.807) is 0 Å². The molecule has 0 N–H and O–H groups in total. The van der Waals surface area contributed by atoms with Gasteiger partial charge in [-0.1, -0.05) is 237 Å². The molecule has 0 rings (SSSR count). The van der Waals surface area contributed by atoms with Gasteiger partial charge in [0.25, 0.3) is 0 Å². The summed E-state index contributed by atoms with van der Waals surface area (Å²) in [6.45, 7) is 6.63. The summed E-state index contributed by atoms with van der Waals surface area (Å²) in [6.07, 6.45) is 67.1. The van der Waals surface area contributed by atoms with Crippen molar-refractivity contribution in [2.45, 2.75) is 322 Å². The first-order chi connectivity index (χ1) is 33.0. The predicted molar refractivity (Wildman–Crippen MR) is 289 cm³/mol. The van der Waals surface area contributed by atoms with Gasteiger partial charge in [0.15, 0.2) is 6.10 Å². The highest BCUT2D eigenvalue weighted by molar-refractivity contribution is 5.71. The third kappa shape index (κ3) is 54.4. The van der Waals surface area contributed by atoms with Gasteiger partial charge in [-0.05, 0) is 96.3 Å². The molecule has 0 aliphatic rings. The topological polar surface area (TPSA) is 78.9 Å². The van der Waals surface area contributed by atoms with E-state index in [0.717, 1.165) is 70.6 Å². The standard InChI is InChI=1S/C61H112O6/c1-4-7-10-13-16-19-22-25-26-27-28-29-30-31-32-33-34-37-39-42-45-48-51-54-60(63)66-57-58(67-61(64)55-52-49-46-43-40-36-24-21-18-15-12-9-6-3)56-65-59(62)53-50-47-44-41-38-35-23-20-17-14-11-8-5-2/h20-21,23-24,27-28,58H,4-19,22,25-26,29-57H2,1-3H3/b23-20-,24-21-,28-27-. The molecule has 6 heteroatoms. The first-order valence-corrected chi connectivity index (χ1v) is 29.5. The van der Waals surface area contributed by atoms with E-state index < -0.39 is 6.10 Å². The van der Waals surface area contributed by atoms with E-state index in [0.29, 0.717) is 19.3 Å². The minimum absolute atomic E-state index is 0.0762. The Morgan fingerprint density at radius 1 is 0.284 bits per heavy atom. The summed E-state index contributed by atoms with van der Waals surface area (Å²) in [4.78, 5) is 38.1. The fourth-order valence-electron chi connectivity index (χ4n) is 8.60. The molecule has 0 heterocycles. The summed E-state index contributed by atoms with van der Waals surface area (Å²) in [5.74, 6) is -0.880. The van der Waals surface area contributed by atoms with Crippen molar-refractivity contribution in [3.05, 3.63) is 36.5 Å². The zero-order valence-corrected chi connectivity index (χ0v) is 44.9. The van der Waals surface area contributed by atoms with Crippen molar-refractivity contribution in [2.24, 2.45) is 0 Å². The second-order valence-corrected chi connectivity index (χ2v) is 19.9. The maximum atomic E-state index is 12.8. The lowest BCUT2D eigenvalue weighted by Crippen LogP contribution is -2.30. The van der Waals surface area contributed by atoms with E-state index in [1.807, 2.05) is 0 Å². The Morgan fingerprint density at radius 3 is 0.761 bits per heavy atom. The Balaban J connectivity index is 4.26. The van der Waals surface area contributed by atoms with Crippen molar-refractivity contribution in [3.63, 3.8) is 0 Å². The summed E-state index contributed by atoms with van der Waals surface area (Å²) >= 11 is 0. The van der Waals surface area contributed by atoms with Gasteiger partial charge < -0.3 is 14.2 Å². The summed E-state index contributed by atoms with van der Waals surface area (Å²) < 4.78 is 16.8. The molecule has 0 aliphatic heterocycles. The Labute approximate surface area is 416 Å². The monoisotopic (exact) mass is 941 g/mol. The lowest BCUT2D eigenvalue weighted by atomic mass is 10.0. The summed E-state index contributed by atoms with van der Waals surface area (Å²) in [5, 5.41) is 0. The highest BCUT2D eigenvalue weighted by Crippen LogP contribution is 2.16. The SMILES string of the molecule is CCCCCC/C=C\CCCCCCCC(=O)OCC(COC(=O)CCCCCCCCCCCCC/C=C\CCCCCCCCCC)OC(=O)CCCCCCC/C=C\CCCCCC. The molecule has 0 saturated carbocycles. The summed E-state index contributed by atoms with van der Waals surface area (Å²) in [6, 6.07) is 0. The number of esters is 3. The number of ether oxygens (including phenoxy) is 3. The molecule has 1 unspecified atom stereocenters. The fraction of sp³-hybridized carbons (Fsp3) is 0.852. The van der Waals surface area contributed by atoms with Crippen LogP contribution in [0.5, 0.6) is 0 Å². The summed E-state index contributed by atoms with van der Waals surface area (Å²) in [5.41, 5.74) is 0. The Bertz CT molecular complexity index is 1130. The van der Waals surface area contributed by atoms with Crippen molar-refractivity contribution in [2.75, 3.05) is 13.2 Å². The van der Waals surface area contributed by atoms with Crippen LogP contribution < -0.4 is 0 Å². The first-order valence-electron chi connectivity index (χ1n) is 29.5. The smallest absolute Gasteiger partial charge is 0.306 e. The van der Waals surface area contributed by atoms with Crippen LogP contribution in [0.25, 0.3) is 0 Å². The molecule has 67 heavy (non-hydrogen) atoms. The van der Waals surface area contributed by atoms with Crippen molar-refractivity contribution in [1.29, 1.82) is 0 Å². The van der Waals surface area contributed by atoms with Crippen LogP contribution in [-0.4, -0.2) is 37.2 Å². The average molecular weight is 942 g/mol. The number of rotatable bonds is 54. The number of hydrogen-bond acceptors (Lipinski definition) is 6. The van der Waals surface area contributed by atoms with Crippen molar-refractivity contribution in [3.8, 4) is 0 Å². The van der Waals surface area contributed by atoms with Crippen LogP contribution >= 0.6 is 0 Å². The average Bonchev–Trinajstić information content (AvgIpc) is 3.33. The molecule has 0 radical (unpaired) electrons. The minimum Gasteiger partial charge on any atom is -0.462 e. The number of carbonyl (C=O) groups is 3. The van der Waals surface area contributed by atoms with Crippen LogP contribution in [0.1, 0.15) is 316 Å². The van der Waals surface area contributed by atoms with Gasteiger partial charge in [0.2, 0.25) is 0 Å². The van der Waals surface area contributed by atoms with Crippen molar-refractivity contribution < 1.29 is 28.6 Å². The molecule has 0 bridgehead atoms. The highest BCUT2D eigenvalue weighted by atomic mass is 16.6. The van der Waals surface area contributed by atoms with Gasteiger partial charge in [0.05, 0.1) is 0 Å². The molecule has 1 atom stereocenters. The van der Waals surface area contributed by atoms with Gasteiger partial charge in [-0.3, -0.25) is 14.4 Å². The molecule has 6 nitrogen and oxygen atoms in total. The van der Waals surface area contributed by atoms with Crippen molar-refractivity contribution >= 4 is 17.9 Å². The zero-order chi connectivity index (χ0) is 48.6. The predicted octanol–water partition coefficient (Wildman–Crippen LogP) is 19.7. The van der Waals surface area contributed by atoms with E-state index in [4.69, 9.17) is 14.2 Å². The van der Waals surface area contributed by atoms with Gasteiger partial charge in [-0.15, -0.1) is 0 Å². The molecule has 0 aromatic carbocycles. The summed E-state index contributed by atoms with van der Waals surface area (Å²) in [7, 11) is 0. The van der Waals surface area contributed by atoms with Crippen LogP contribution in [0, 0.1) is 0 Å². The molecular formula is C61H112O6. The zero-order valence-electron chi connectivity index (χ0n) is 44.9. The van der Waals surface area contributed by atoms with E-state index in [-0.39, 0.29) is 31.1 Å². The van der Waals surface area contributed by atoms with E-state index >= 15 is 0 Å². The number of carbonyl (C=O) groups excluding carboxylic acids is 3. The molecule has 0 aromatic heterocycles. The largest absolute Gasteiger partial charge is 0.462 e. The normalized spacial score (nSPS) is 12.2. The van der Waals surface area contributed by atoms with Crippen LogP contribution in [-0.2, 0) is 28.6 Å². The van der Waals surface area contributed by atoms with Gasteiger partial charge in [0.1, 0.15) is 13.2 Å². The number of unbranched alkanes of at least 4 members (excludes halogenated alkanes) is 37. The molecular weight excluding hydrogens is 829 g/mol. The third-order valence-electron chi connectivity index (χ3n) is 13.1. The van der Waals surface area contributed by atoms with Crippen LogP contribution in [0.2, 0.25) is 0 Å². The van der Waals surface area contributed by atoms with Gasteiger partial charge in [-0.25, -0.2) is 0 Å². The lowest BCUT2D eigenvalue weighted by molar-refractivity contribution is -0.167. The van der Waals surface area contributed by atoms with E-state index in [2.05, 4.69) is 57.2 Å². The van der Waals surface area contributed by atoms with E-state index in [9.17, 15) is 14.4 Å². The van der Waals surface area contributed by atoms with Crippen molar-refractivity contribution in [1.82, 2.24) is 0 Å². The van der Waals surface area contributed by atoms with Crippen LogP contribution in [0.15, 0.2) is 36.5 Å². The van der Waals surface area contributed by atoms with Gasteiger partial charge in [-0.2, -0.15) is 0 Å². The second-order valence-electron chi connectivity index (χ2n) is 19.9. The second kappa shape index (κ2) is 56.2. The Hall–Kier alpha value is -2.37. The van der Waals surface area contributed by atoms with Gasteiger partial charge in [0, 0.05) is 19.3 Å². The molecule has 0 aliphatic carbocycles. The molecule has 0 saturated heterocycles. The molecule has 0 amide bonds. The molecule has 0 spiro atoms. The maximum Gasteiger partial charge on any atom is 0.306 e. The highest BCUT2D eigenvalue weighted by Gasteiger charge is 2.19. The minimum atomic E-state index is -0.778. The first kappa shape index (κ1) is 64.6. The molecule has 0 aromatic rings. The maximum absolute atomic E-state index is 12.8. The molecule has 0 fully saturated rings.